The molecule has 3 rings (SSSR count). The van der Waals surface area contributed by atoms with Gasteiger partial charge < -0.3 is 15.3 Å². The maximum Gasteiger partial charge on any atom is 0.128 e. The highest BCUT2D eigenvalue weighted by molar-refractivity contribution is 9.10. The van der Waals surface area contributed by atoms with Crippen molar-refractivity contribution in [2.24, 2.45) is 5.10 Å². The normalized spacial score (nSPS) is 17.2. The first-order valence-electron chi connectivity index (χ1n) is 6.62. The average molecular weight is 347 g/mol. The van der Waals surface area contributed by atoms with E-state index >= 15 is 0 Å². The van der Waals surface area contributed by atoms with Crippen molar-refractivity contribution in [3.8, 4) is 11.5 Å². The number of nitrogens with zero attached hydrogens (tertiary/aromatic N) is 1. The van der Waals surface area contributed by atoms with Gasteiger partial charge in [0.2, 0.25) is 0 Å². The Hall–Kier alpha value is -2.01. The van der Waals surface area contributed by atoms with Gasteiger partial charge in [0.1, 0.15) is 11.5 Å². The number of ether oxygens (including phenoxy) is 1. The number of halogens is 1. The third kappa shape index (κ3) is 2.88. The summed E-state index contributed by atoms with van der Waals surface area (Å²) in [5.41, 5.74) is 5.89. The number of phenols is 1. The monoisotopic (exact) mass is 346 g/mol. The maximum atomic E-state index is 10.1. The van der Waals surface area contributed by atoms with Crippen molar-refractivity contribution in [1.29, 1.82) is 0 Å². The fourth-order valence-electron chi connectivity index (χ4n) is 2.38. The van der Waals surface area contributed by atoms with Crippen molar-refractivity contribution in [1.82, 2.24) is 5.43 Å². The molecular weight excluding hydrogens is 332 g/mol. The number of aromatic hydroxyl groups is 1. The van der Waals surface area contributed by atoms with Crippen LogP contribution in [0, 0.1) is 0 Å². The third-order valence-electron chi connectivity index (χ3n) is 3.54. The quantitative estimate of drug-likeness (QED) is 0.892. The van der Waals surface area contributed by atoms with Crippen molar-refractivity contribution in [3.05, 3.63) is 58.1 Å². The summed E-state index contributed by atoms with van der Waals surface area (Å²) in [6.07, 6.45) is 0.738. The molecule has 1 unspecified atom stereocenters. The molecule has 0 bridgehead atoms. The van der Waals surface area contributed by atoms with E-state index < -0.39 is 0 Å². The van der Waals surface area contributed by atoms with Crippen LogP contribution in [0.4, 0.5) is 0 Å². The summed E-state index contributed by atoms with van der Waals surface area (Å²) in [6.45, 7) is 0. The van der Waals surface area contributed by atoms with Crippen LogP contribution >= 0.6 is 15.9 Å². The molecule has 4 nitrogen and oxygen atoms in total. The van der Waals surface area contributed by atoms with E-state index in [-0.39, 0.29) is 11.8 Å². The van der Waals surface area contributed by atoms with Crippen LogP contribution in [0.5, 0.6) is 11.5 Å². The number of rotatable bonds is 3. The van der Waals surface area contributed by atoms with E-state index in [1.807, 2.05) is 24.3 Å². The van der Waals surface area contributed by atoms with Crippen molar-refractivity contribution in [2.45, 2.75) is 12.5 Å². The molecule has 0 radical (unpaired) electrons. The first-order chi connectivity index (χ1) is 10.2. The predicted octanol–water partition coefficient (Wildman–Crippen LogP) is 3.60. The van der Waals surface area contributed by atoms with Gasteiger partial charge in [-0.15, -0.1) is 0 Å². The first-order valence-corrected chi connectivity index (χ1v) is 7.41. The van der Waals surface area contributed by atoms with Crippen molar-refractivity contribution < 1.29 is 9.84 Å². The maximum absolute atomic E-state index is 10.1. The first kappa shape index (κ1) is 13.9. The molecular formula is C16H15BrN2O2. The Morgan fingerprint density at radius 2 is 2.00 bits per heavy atom. The molecule has 0 saturated heterocycles. The third-order valence-corrected chi connectivity index (χ3v) is 4.07. The molecule has 5 heteroatoms. The topological polar surface area (TPSA) is 53.8 Å². The fourth-order valence-corrected chi connectivity index (χ4v) is 2.64. The standard InChI is InChI=1S/C16H15BrN2O2/c1-21-12-6-7-13(16(20)8-12)15-9-14(18-19-15)10-2-4-11(17)5-3-10/h2-8,14,18,20H,9H2,1H3. The lowest BCUT2D eigenvalue weighted by atomic mass is 9.98. The molecule has 2 aromatic carbocycles. The largest absolute Gasteiger partial charge is 0.507 e. The predicted molar refractivity (Wildman–Crippen MR) is 85.8 cm³/mol. The lowest BCUT2D eigenvalue weighted by Crippen LogP contribution is -2.09. The summed E-state index contributed by atoms with van der Waals surface area (Å²) >= 11 is 3.43. The zero-order chi connectivity index (χ0) is 14.8. The molecule has 1 aliphatic rings. The number of hydrogen-bond acceptors (Lipinski definition) is 4. The SMILES string of the molecule is COc1ccc(C2=NNC(c3ccc(Br)cc3)C2)c(O)c1. The Kier molecular flexibility index (Phi) is 3.84. The molecule has 1 heterocycles. The van der Waals surface area contributed by atoms with E-state index in [4.69, 9.17) is 4.74 Å². The van der Waals surface area contributed by atoms with E-state index in [1.54, 1.807) is 13.2 Å². The van der Waals surface area contributed by atoms with Crippen LogP contribution in [-0.2, 0) is 0 Å². The van der Waals surface area contributed by atoms with Gasteiger partial charge >= 0.3 is 0 Å². The van der Waals surface area contributed by atoms with Crippen LogP contribution < -0.4 is 10.2 Å². The van der Waals surface area contributed by atoms with Crippen molar-refractivity contribution in [3.63, 3.8) is 0 Å². The zero-order valence-corrected chi connectivity index (χ0v) is 13.1. The van der Waals surface area contributed by atoms with Crippen LogP contribution in [0.15, 0.2) is 52.0 Å². The summed E-state index contributed by atoms with van der Waals surface area (Å²) in [4.78, 5) is 0. The Morgan fingerprint density at radius 1 is 1.24 bits per heavy atom. The minimum atomic E-state index is 0.134. The Bertz CT molecular complexity index is 683. The van der Waals surface area contributed by atoms with Gasteiger partial charge in [0.15, 0.2) is 0 Å². The molecule has 0 amide bonds. The van der Waals surface area contributed by atoms with E-state index in [0.717, 1.165) is 22.2 Å². The lowest BCUT2D eigenvalue weighted by molar-refractivity contribution is 0.407. The van der Waals surface area contributed by atoms with E-state index in [1.165, 1.54) is 5.56 Å². The number of phenolic OH excluding ortho intramolecular Hbond substituents is 1. The number of benzene rings is 2. The van der Waals surface area contributed by atoms with Gasteiger partial charge in [-0.2, -0.15) is 5.10 Å². The summed E-state index contributed by atoms with van der Waals surface area (Å²) in [6, 6.07) is 13.5. The summed E-state index contributed by atoms with van der Waals surface area (Å²) in [5.74, 6) is 0.818. The summed E-state index contributed by atoms with van der Waals surface area (Å²) in [7, 11) is 1.58. The van der Waals surface area contributed by atoms with Gasteiger partial charge in [-0.1, -0.05) is 28.1 Å². The highest BCUT2D eigenvalue weighted by Gasteiger charge is 2.23. The highest BCUT2D eigenvalue weighted by atomic mass is 79.9. The lowest BCUT2D eigenvalue weighted by Gasteiger charge is -2.10. The van der Waals surface area contributed by atoms with Crippen molar-refractivity contribution in [2.75, 3.05) is 7.11 Å². The van der Waals surface area contributed by atoms with Crippen LogP contribution in [0.1, 0.15) is 23.6 Å². The number of hydrogen-bond donors (Lipinski definition) is 2. The van der Waals surface area contributed by atoms with Crippen LogP contribution in [0.2, 0.25) is 0 Å². The zero-order valence-electron chi connectivity index (χ0n) is 11.5. The molecule has 0 fully saturated rings. The molecule has 0 aliphatic carbocycles. The van der Waals surface area contributed by atoms with E-state index in [0.29, 0.717) is 5.75 Å². The van der Waals surface area contributed by atoms with E-state index in [2.05, 4.69) is 38.6 Å². The highest BCUT2D eigenvalue weighted by Crippen LogP contribution is 2.30. The minimum Gasteiger partial charge on any atom is -0.507 e. The van der Waals surface area contributed by atoms with Gasteiger partial charge in [0, 0.05) is 22.5 Å². The Morgan fingerprint density at radius 3 is 2.67 bits per heavy atom. The van der Waals surface area contributed by atoms with Gasteiger partial charge in [0.05, 0.1) is 18.9 Å². The Labute approximate surface area is 131 Å². The summed E-state index contributed by atoms with van der Waals surface area (Å²) < 4.78 is 6.15. The fraction of sp³-hybridized carbons (Fsp3) is 0.188. The van der Waals surface area contributed by atoms with Gasteiger partial charge in [0.25, 0.3) is 0 Å². The number of hydrazone groups is 1. The van der Waals surface area contributed by atoms with Crippen LogP contribution in [0.25, 0.3) is 0 Å². The van der Waals surface area contributed by atoms with Gasteiger partial charge in [-0.3, -0.25) is 0 Å². The molecule has 2 aromatic rings. The minimum absolute atomic E-state index is 0.134. The molecule has 0 aromatic heterocycles. The second-order valence-corrected chi connectivity index (χ2v) is 5.79. The number of nitrogens with one attached hydrogen (secondary N) is 1. The molecule has 1 atom stereocenters. The molecule has 0 saturated carbocycles. The molecule has 21 heavy (non-hydrogen) atoms. The van der Waals surface area contributed by atoms with Gasteiger partial charge in [-0.05, 0) is 29.8 Å². The molecule has 0 spiro atoms. The second-order valence-electron chi connectivity index (χ2n) is 4.88. The Balaban J connectivity index is 1.79. The molecule has 2 N–H and O–H groups in total. The smallest absolute Gasteiger partial charge is 0.128 e. The number of methoxy groups -OCH3 is 1. The van der Waals surface area contributed by atoms with E-state index in [9.17, 15) is 5.11 Å². The van der Waals surface area contributed by atoms with Gasteiger partial charge in [-0.25, -0.2) is 0 Å². The van der Waals surface area contributed by atoms with Crippen molar-refractivity contribution >= 4 is 21.6 Å². The van der Waals surface area contributed by atoms with Crippen LogP contribution in [-0.4, -0.2) is 17.9 Å². The second kappa shape index (κ2) is 5.77. The summed E-state index contributed by atoms with van der Waals surface area (Å²) in [5, 5.41) is 14.4. The average Bonchev–Trinajstić information content (AvgIpc) is 2.97. The van der Waals surface area contributed by atoms with Crippen LogP contribution in [0.3, 0.4) is 0 Å². The molecule has 1 aliphatic heterocycles. The molecule has 108 valence electrons.